The maximum Gasteiger partial charge on any atom is 0.257 e. The van der Waals surface area contributed by atoms with Crippen molar-refractivity contribution >= 4 is 5.91 Å². The quantitative estimate of drug-likeness (QED) is 0.789. The normalized spacial score (nSPS) is 20.4. The Bertz CT molecular complexity index is 374. The maximum absolute atomic E-state index is 12.1. The third kappa shape index (κ3) is 2.24. The smallest absolute Gasteiger partial charge is 0.257 e. The van der Waals surface area contributed by atoms with Crippen molar-refractivity contribution < 1.29 is 4.79 Å². The zero-order valence-corrected chi connectivity index (χ0v) is 9.81. The summed E-state index contributed by atoms with van der Waals surface area (Å²) in [5.74, 6) is 0.692. The van der Waals surface area contributed by atoms with Gasteiger partial charge in [-0.2, -0.15) is 5.10 Å². The number of hydrogen-bond acceptors (Lipinski definition) is 3. The molecule has 1 aromatic rings. The van der Waals surface area contributed by atoms with Gasteiger partial charge in [0.25, 0.3) is 5.91 Å². The molecular weight excluding hydrogens is 204 g/mol. The Morgan fingerprint density at radius 2 is 2.50 bits per heavy atom. The minimum atomic E-state index is 0.103. The molecule has 1 saturated heterocycles. The number of hydrogen-bond donors (Lipinski definition) is 1. The molecule has 1 aromatic heterocycles. The predicted octanol–water partition coefficient (Wildman–Crippen LogP) is 0.102. The van der Waals surface area contributed by atoms with Crippen LogP contribution in [0.1, 0.15) is 16.8 Å². The average molecular weight is 222 g/mol. The van der Waals surface area contributed by atoms with E-state index in [0.29, 0.717) is 11.5 Å². The summed E-state index contributed by atoms with van der Waals surface area (Å²) in [6.45, 7) is 2.70. The second kappa shape index (κ2) is 4.65. The molecule has 1 aliphatic rings. The molecule has 2 rings (SSSR count). The van der Waals surface area contributed by atoms with Gasteiger partial charge in [-0.25, -0.2) is 0 Å². The summed E-state index contributed by atoms with van der Waals surface area (Å²) in [6, 6.07) is 0. The molecule has 1 fully saturated rings. The Balaban J connectivity index is 1.97. The van der Waals surface area contributed by atoms with Crippen LogP contribution in [0.5, 0.6) is 0 Å². The van der Waals surface area contributed by atoms with Crippen molar-refractivity contribution in [3.63, 3.8) is 0 Å². The standard InChI is InChI=1S/C11H18N4O/c1-12-5-9-3-4-15(7-9)11(16)10-6-13-14(2)8-10/h6,8-9,12H,3-5,7H2,1-2H3. The first-order valence-electron chi connectivity index (χ1n) is 5.63. The largest absolute Gasteiger partial charge is 0.338 e. The topological polar surface area (TPSA) is 50.2 Å². The summed E-state index contributed by atoms with van der Waals surface area (Å²) in [5.41, 5.74) is 0.688. The van der Waals surface area contributed by atoms with E-state index in [1.54, 1.807) is 17.1 Å². The van der Waals surface area contributed by atoms with E-state index in [1.165, 1.54) is 0 Å². The summed E-state index contributed by atoms with van der Waals surface area (Å²) in [7, 11) is 3.77. The van der Waals surface area contributed by atoms with Crippen LogP contribution in [-0.2, 0) is 7.05 Å². The number of amides is 1. The lowest BCUT2D eigenvalue weighted by Crippen LogP contribution is -2.30. The van der Waals surface area contributed by atoms with Gasteiger partial charge in [0.15, 0.2) is 0 Å². The van der Waals surface area contributed by atoms with Crippen molar-refractivity contribution in [2.24, 2.45) is 13.0 Å². The molecule has 0 aliphatic carbocycles. The molecule has 2 heterocycles. The number of nitrogens with one attached hydrogen (secondary N) is 1. The highest BCUT2D eigenvalue weighted by Gasteiger charge is 2.26. The van der Waals surface area contributed by atoms with Crippen LogP contribution >= 0.6 is 0 Å². The van der Waals surface area contributed by atoms with Crippen molar-refractivity contribution in [2.75, 3.05) is 26.7 Å². The lowest BCUT2D eigenvalue weighted by atomic mass is 10.1. The Kier molecular flexibility index (Phi) is 3.24. The number of likely N-dealkylation sites (tertiary alicyclic amines) is 1. The average Bonchev–Trinajstić information content (AvgIpc) is 2.87. The fraction of sp³-hybridized carbons (Fsp3) is 0.636. The fourth-order valence-electron chi connectivity index (χ4n) is 2.19. The number of nitrogens with zero attached hydrogens (tertiary/aromatic N) is 3. The van der Waals surface area contributed by atoms with E-state index in [-0.39, 0.29) is 5.91 Å². The molecule has 0 spiro atoms. The van der Waals surface area contributed by atoms with Crippen LogP contribution < -0.4 is 5.32 Å². The van der Waals surface area contributed by atoms with Gasteiger partial charge in [-0.05, 0) is 25.9 Å². The van der Waals surface area contributed by atoms with Gasteiger partial charge in [0, 0.05) is 26.3 Å². The van der Waals surface area contributed by atoms with Crippen LogP contribution in [0.4, 0.5) is 0 Å². The molecule has 88 valence electrons. The van der Waals surface area contributed by atoms with E-state index in [0.717, 1.165) is 26.1 Å². The fourth-order valence-corrected chi connectivity index (χ4v) is 2.19. The summed E-state index contributed by atoms with van der Waals surface area (Å²) in [6.07, 6.45) is 4.49. The van der Waals surface area contributed by atoms with Crippen molar-refractivity contribution in [2.45, 2.75) is 6.42 Å². The Labute approximate surface area is 95.4 Å². The van der Waals surface area contributed by atoms with Crippen molar-refractivity contribution in [1.29, 1.82) is 0 Å². The Morgan fingerprint density at radius 1 is 1.69 bits per heavy atom. The van der Waals surface area contributed by atoms with Gasteiger partial charge in [-0.15, -0.1) is 0 Å². The van der Waals surface area contributed by atoms with Crippen molar-refractivity contribution in [3.05, 3.63) is 18.0 Å². The van der Waals surface area contributed by atoms with Gasteiger partial charge < -0.3 is 10.2 Å². The van der Waals surface area contributed by atoms with Gasteiger partial charge in [-0.3, -0.25) is 9.48 Å². The number of carbonyl (C=O) groups is 1. The first-order valence-corrected chi connectivity index (χ1v) is 5.63. The third-order valence-electron chi connectivity index (χ3n) is 3.02. The molecule has 1 atom stereocenters. The lowest BCUT2D eigenvalue weighted by Gasteiger charge is -2.15. The van der Waals surface area contributed by atoms with E-state index < -0.39 is 0 Å². The second-order valence-electron chi connectivity index (χ2n) is 4.37. The van der Waals surface area contributed by atoms with E-state index >= 15 is 0 Å². The molecule has 16 heavy (non-hydrogen) atoms. The third-order valence-corrected chi connectivity index (χ3v) is 3.02. The number of aryl methyl sites for hydroxylation is 1. The molecular formula is C11H18N4O. The van der Waals surface area contributed by atoms with Crippen LogP contribution in [0.2, 0.25) is 0 Å². The first-order chi connectivity index (χ1) is 7.70. The van der Waals surface area contributed by atoms with Gasteiger partial charge in [0.05, 0.1) is 11.8 Å². The van der Waals surface area contributed by atoms with Crippen LogP contribution in [-0.4, -0.2) is 47.3 Å². The molecule has 1 unspecified atom stereocenters. The first kappa shape index (κ1) is 11.1. The summed E-state index contributed by atoms with van der Waals surface area (Å²) < 4.78 is 1.66. The van der Waals surface area contributed by atoms with E-state index in [4.69, 9.17) is 0 Å². The number of rotatable bonds is 3. The summed E-state index contributed by atoms with van der Waals surface area (Å²) in [4.78, 5) is 14.0. The SMILES string of the molecule is CNCC1CCN(C(=O)c2cnn(C)c2)C1. The summed E-state index contributed by atoms with van der Waals surface area (Å²) in [5, 5.41) is 7.18. The molecule has 5 heteroatoms. The van der Waals surface area contributed by atoms with E-state index in [1.807, 2.05) is 19.0 Å². The molecule has 1 N–H and O–H groups in total. The summed E-state index contributed by atoms with van der Waals surface area (Å²) >= 11 is 0. The highest BCUT2D eigenvalue weighted by Crippen LogP contribution is 2.17. The predicted molar refractivity (Wildman–Crippen MR) is 61.1 cm³/mol. The second-order valence-corrected chi connectivity index (χ2v) is 4.37. The molecule has 0 saturated carbocycles. The van der Waals surface area contributed by atoms with Crippen molar-refractivity contribution in [1.82, 2.24) is 20.0 Å². The highest BCUT2D eigenvalue weighted by atomic mass is 16.2. The van der Waals surface area contributed by atoms with Gasteiger partial charge in [0.2, 0.25) is 0 Å². The number of carbonyl (C=O) groups excluding carboxylic acids is 1. The van der Waals surface area contributed by atoms with E-state index in [9.17, 15) is 4.79 Å². The zero-order valence-electron chi connectivity index (χ0n) is 9.81. The van der Waals surface area contributed by atoms with Crippen LogP contribution in [0.25, 0.3) is 0 Å². The molecule has 0 aromatic carbocycles. The number of aromatic nitrogens is 2. The minimum absolute atomic E-state index is 0.103. The van der Waals surface area contributed by atoms with Gasteiger partial charge in [-0.1, -0.05) is 0 Å². The van der Waals surface area contributed by atoms with E-state index in [2.05, 4.69) is 10.4 Å². The molecule has 1 amide bonds. The molecule has 0 radical (unpaired) electrons. The van der Waals surface area contributed by atoms with Crippen LogP contribution in [0, 0.1) is 5.92 Å². The minimum Gasteiger partial charge on any atom is -0.338 e. The van der Waals surface area contributed by atoms with Crippen LogP contribution in [0.15, 0.2) is 12.4 Å². The molecule has 5 nitrogen and oxygen atoms in total. The molecule has 1 aliphatic heterocycles. The lowest BCUT2D eigenvalue weighted by molar-refractivity contribution is 0.0787. The molecule has 0 bridgehead atoms. The van der Waals surface area contributed by atoms with Gasteiger partial charge >= 0.3 is 0 Å². The monoisotopic (exact) mass is 222 g/mol. The Morgan fingerprint density at radius 3 is 3.12 bits per heavy atom. The van der Waals surface area contributed by atoms with Gasteiger partial charge in [0.1, 0.15) is 0 Å². The Hall–Kier alpha value is -1.36. The maximum atomic E-state index is 12.1. The zero-order chi connectivity index (χ0) is 11.5. The van der Waals surface area contributed by atoms with Crippen molar-refractivity contribution in [3.8, 4) is 0 Å². The van der Waals surface area contributed by atoms with Crippen LogP contribution in [0.3, 0.4) is 0 Å². The highest BCUT2D eigenvalue weighted by molar-refractivity contribution is 5.93.